The fraction of sp³-hybridized carbons (Fsp3) is 0.364. The number of hydrogen-bond acceptors (Lipinski definition) is 4. The molecule has 0 heterocycles. The van der Waals surface area contributed by atoms with E-state index in [1.54, 1.807) is 38.1 Å². The second-order valence-electron chi connectivity index (χ2n) is 3.15. The maximum absolute atomic E-state index is 12.2. The predicted molar refractivity (Wildman–Crippen MR) is 74.3 cm³/mol. The smallest absolute Gasteiger partial charge is 0.303 e. The van der Waals surface area contributed by atoms with Gasteiger partial charge < -0.3 is 9.05 Å². The van der Waals surface area contributed by atoms with Gasteiger partial charge in [0.2, 0.25) is 0 Å². The molecule has 0 atom stereocenters. The van der Waals surface area contributed by atoms with Gasteiger partial charge in [-0.2, -0.15) is 0 Å². The van der Waals surface area contributed by atoms with Crippen LogP contribution in [0.1, 0.15) is 24.2 Å². The summed E-state index contributed by atoms with van der Waals surface area (Å²) in [5.41, 5.74) is -0.242. The second kappa shape index (κ2) is 6.64. The number of halogens is 1. The number of benzene rings is 1. The van der Waals surface area contributed by atoms with E-state index in [-0.39, 0.29) is 13.2 Å². The van der Waals surface area contributed by atoms with Crippen LogP contribution in [0, 0.1) is 3.57 Å². The Bertz CT molecular complexity index is 420. The van der Waals surface area contributed by atoms with Gasteiger partial charge in [0, 0.05) is 9.13 Å². The molecular weight excluding hydrogens is 354 g/mol. The van der Waals surface area contributed by atoms with Crippen LogP contribution < -0.4 is 0 Å². The molecule has 0 fully saturated rings. The summed E-state index contributed by atoms with van der Waals surface area (Å²) in [4.78, 5) is 12.0. The molecule has 0 radical (unpaired) electrons. The Morgan fingerprint density at radius 1 is 1.18 bits per heavy atom. The number of carbonyl (C=O) groups excluding carboxylic acids is 1. The summed E-state index contributed by atoms with van der Waals surface area (Å²) in [5.74, 6) is 0. The van der Waals surface area contributed by atoms with Gasteiger partial charge in [-0.05, 0) is 60.7 Å². The Morgan fingerprint density at radius 3 is 2.06 bits per heavy atom. The van der Waals surface area contributed by atoms with Crippen molar-refractivity contribution in [1.29, 1.82) is 0 Å². The summed E-state index contributed by atoms with van der Waals surface area (Å²) in [6, 6.07) is 6.79. The molecule has 17 heavy (non-hydrogen) atoms. The highest BCUT2D eigenvalue weighted by Gasteiger charge is 2.34. The molecule has 0 aliphatic heterocycles. The topological polar surface area (TPSA) is 52.6 Å². The molecular formula is C11H14IO4P. The summed E-state index contributed by atoms with van der Waals surface area (Å²) in [6.45, 7) is 3.69. The standard InChI is InChI=1S/C11H14IO4P/c1-3-15-17(14,16-4-2)11(13)9-5-7-10(12)8-6-9/h5-8H,3-4H2,1-2H3. The van der Waals surface area contributed by atoms with Gasteiger partial charge in [-0.25, -0.2) is 0 Å². The van der Waals surface area contributed by atoms with Crippen molar-refractivity contribution in [2.24, 2.45) is 0 Å². The Balaban J connectivity index is 2.99. The van der Waals surface area contributed by atoms with Crippen molar-refractivity contribution < 1.29 is 18.4 Å². The molecule has 0 saturated carbocycles. The molecule has 1 aromatic rings. The maximum atomic E-state index is 12.2. The molecule has 6 heteroatoms. The highest BCUT2D eigenvalue weighted by molar-refractivity contribution is 14.1. The fourth-order valence-electron chi connectivity index (χ4n) is 1.25. The van der Waals surface area contributed by atoms with Crippen LogP contribution in [0.5, 0.6) is 0 Å². The van der Waals surface area contributed by atoms with Crippen molar-refractivity contribution in [3.63, 3.8) is 0 Å². The minimum Gasteiger partial charge on any atom is -0.303 e. The first-order chi connectivity index (χ1) is 8.03. The summed E-state index contributed by atoms with van der Waals surface area (Å²) >= 11 is 2.13. The molecule has 0 amide bonds. The van der Waals surface area contributed by atoms with Gasteiger partial charge >= 0.3 is 7.60 Å². The average molecular weight is 368 g/mol. The second-order valence-corrected chi connectivity index (χ2v) is 6.31. The van der Waals surface area contributed by atoms with Gasteiger partial charge in [0.05, 0.1) is 13.2 Å². The van der Waals surface area contributed by atoms with E-state index in [2.05, 4.69) is 22.6 Å². The first kappa shape index (κ1) is 14.8. The van der Waals surface area contributed by atoms with E-state index in [0.29, 0.717) is 5.56 Å². The van der Waals surface area contributed by atoms with Gasteiger partial charge in [-0.1, -0.05) is 0 Å². The largest absolute Gasteiger partial charge is 0.401 e. The first-order valence-electron chi connectivity index (χ1n) is 5.23. The zero-order chi connectivity index (χ0) is 12.9. The van der Waals surface area contributed by atoms with Crippen molar-refractivity contribution in [2.45, 2.75) is 13.8 Å². The lowest BCUT2D eigenvalue weighted by molar-refractivity contribution is 0.100. The summed E-state index contributed by atoms with van der Waals surface area (Å²) in [6.07, 6.45) is 0. The molecule has 0 N–H and O–H groups in total. The Hall–Kier alpha value is -0.230. The molecule has 0 bridgehead atoms. The van der Waals surface area contributed by atoms with E-state index < -0.39 is 13.1 Å². The third kappa shape index (κ3) is 3.88. The van der Waals surface area contributed by atoms with Crippen molar-refractivity contribution in [2.75, 3.05) is 13.2 Å². The van der Waals surface area contributed by atoms with Crippen molar-refractivity contribution >= 4 is 35.7 Å². The molecule has 4 nitrogen and oxygen atoms in total. The van der Waals surface area contributed by atoms with Gasteiger partial charge in [-0.15, -0.1) is 0 Å². The Morgan fingerprint density at radius 2 is 1.65 bits per heavy atom. The zero-order valence-corrected chi connectivity index (χ0v) is 12.7. The van der Waals surface area contributed by atoms with Crippen molar-refractivity contribution in [1.82, 2.24) is 0 Å². The van der Waals surface area contributed by atoms with Gasteiger partial charge in [0.25, 0.3) is 5.52 Å². The lowest BCUT2D eigenvalue weighted by Crippen LogP contribution is -2.07. The minimum absolute atomic E-state index is 0.174. The van der Waals surface area contributed by atoms with Crippen LogP contribution in [0.2, 0.25) is 0 Å². The Labute approximate surface area is 114 Å². The molecule has 0 aliphatic rings. The average Bonchev–Trinajstić information content (AvgIpc) is 2.30. The van der Waals surface area contributed by atoms with E-state index in [4.69, 9.17) is 9.05 Å². The van der Waals surface area contributed by atoms with Crippen LogP contribution in [0.15, 0.2) is 24.3 Å². The van der Waals surface area contributed by atoms with Crippen LogP contribution in [0.25, 0.3) is 0 Å². The first-order valence-corrected chi connectivity index (χ1v) is 7.85. The molecule has 0 spiro atoms. The third-order valence-corrected chi connectivity index (χ3v) is 4.61. The van der Waals surface area contributed by atoms with E-state index in [1.165, 1.54) is 0 Å². The molecule has 0 saturated heterocycles. The summed E-state index contributed by atoms with van der Waals surface area (Å²) in [7, 11) is -3.69. The highest BCUT2D eigenvalue weighted by Crippen LogP contribution is 2.50. The zero-order valence-electron chi connectivity index (χ0n) is 9.68. The van der Waals surface area contributed by atoms with Crippen molar-refractivity contribution in [3.05, 3.63) is 33.4 Å². The quantitative estimate of drug-likeness (QED) is 0.568. The molecule has 0 aliphatic carbocycles. The van der Waals surface area contributed by atoms with E-state index in [9.17, 15) is 9.36 Å². The third-order valence-electron chi connectivity index (χ3n) is 1.94. The SMILES string of the molecule is CCOP(=O)(OCC)C(=O)c1ccc(I)cc1. The van der Waals surface area contributed by atoms with Crippen LogP contribution in [0.3, 0.4) is 0 Å². The van der Waals surface area contributed by atoms with E-state index in [1.807, 2.05) is 0 Å². The molecule has 0 aromatic heterocycles. The molecule has 1 rings (SSSR count). The predicted octanol–water partition coefficient (Wildman–Crippen LogP) is 3.70. The van der Waals surface area contributed by atoms with Crippen LogP contribution in [0.4, 0.5) is 0 Å². The van der Waals surface area contributed by atoms with Crippen LogP contribution in [-0.4, -0.2) is 18.7 Å². The monoisotopic (exact) mass is 368 g/mol. The van der Waals surface area contributed by atoms with Gasteiger partial charge in [0.1, 0.15) is 0 Å². The highest BCUT2D eigenvalue weighted by atomic mass is 127. The minimum atomic E-state index is -3.69. The number of hydrogen-bond donors (Lipinski definition) is 0. The molecule has 94 valence electrons. The van der Waals surface area contributed by atoms with Crippen LogP contribution in [-0.2, 0) is 13.6 Å². The molecule has 1 aromatic carbocycles. The Kier molecular flexibility index (Phi) is 5.79. The van der Waals surface area contributed by atoms with Gasteiger partial charge in [-0.3, -0.25) is 9.36 Å². The maximum Gasteiger partial charge on any atom is 0.401 e. The van der Waals surface area contributed by atoms with Gasteiger partial charge in [0.15, 0.2) is 0 Å². The lowest BCUT2D eigenvalue weighted by atomic mass is 10.2. The summed E-state index contributed by atoms with van der Waals surface area (Å²) in [5, 5.41) is 0. The fourth-order valence-corrected chi connectivity index (χ4v) is 3.06. The molecule has 0 unspecified atom stereocenters. The van der Waals surface area contributed by atoms with E-state index >= 15 is 0 Å². The normalized spacial score (nSPS) is 11.5. The summed E-state index contributed by atoms with van der Waals surface area (Å²) < 4.78 is 23.2. The van der Waals surface area contributed by atoms with Crippen molar-refractivity contribution in [3.8, 4) is 0 Å². The number of rotatable bonds is 6. The number of carbonyl (C=O) groups is 1. The van der Waals surface area contributed by atoms with E-state index in [0.717, 1.165) is 3.57 Å². The lowest BCUT2D eigenvalue weighted by Gasteiger charge is -2.15. The van der Waals surface area contributed by atoms with Crippen LogP contribution >= 0.6 is 30.2 Å².